The van der Waals surface area contributed by atoms with Gasteiger partial charge in [-0.1, -0.05) is 18.6 Å². The summed E-state index contributed by atoms with van der Waals surface area (Å²) < 4.78 is 0. The molecule has 1 aromatic rings. The molecule has 17 heavy (non-hydrogen) atoms. The number of nitrogens with zero attached hydrogens (tertiary/aromatic N) is 2. The fraction of sp³-hybridized carbons (Fsp3) is 0.500. The van der Waals surface area contributed by atoms with Crippen LogP contribution in [0.15, 0.2) is 24.3 Å². The molecule has 0 amide bonds. The average molecular weight is 248 g/mol. The van der Waals surface area contributed by atoms with Gasteiger partial charge in [0.15, 0.2) is 0 Å². The second kappa shape index (κ2) is 8.16. The summed E-state index contributed by atoms with van der Waals surface area (Å²) in [5, 5.41) is 8.83. The molecular weight excluding hydrogens is 228 g/mol. The molecule has 1 rings (SSSR count). The van der Waals surface area contributed by atoms with Gasteiger partial charge in [-0.15, -0.1) is 0 Å². The molecule has 0 atom stereocenters. The lowest BCUT2D eigenvalue weighted by molar-refractivity contribution is 0.318. The number of unbranched alkanes of at least 4 members (excludes halogenated alkanes) is 2. The smallest absolute Gasteiger partial charge is 0.0991 e. The number of hydrogen-bond donors (Lipinski definition) is 1. The molecule has 0 N–H and O–H groups in total. The summed E-state index contributed by atoms with van der Waals surface area (Å²) in [7, 11) is 2.12. The summed E-state index contributed by atoms with van der Waals surface area (Å²) in [5.74, 6) is 0.980. The summed E-state index contributed by atoms with van der Waals surface area (Å²) in [6, 6.07) is 10.0. The van der Waals surface area contributed by atoms with E-state index in [1.165, 1.54) is 24.8 Å². The van der Waals surface area contributed by atoms with Crippen molar-refractivity contribution >= 4 is 12.6 Å². The number of thiol groups is 1. The Balaban J connectivity index is 2.34. The zero-order valence-electron chi connectivity index (χ0n) is 10.4. The summed E-state index contributed by atoms with van der Waals surface area (Å²) in [6.07, 6.45) is 3.65. The Morgan fingerprint density at radius 3 is 2.82 bits per heavy atom. The highest BCUT2D eigenvalue weighted by atomic mass is 32.1. The van der Waals surface area contributed by atoms with Crippen molar-refractivity contribution in [2.45, 2.75) is 25.8 Å². The van der Waals surface area contributed by atoms with Crippen molar-refractivity contribution in [3.05, 3.63) is 35.4 Å². The summed E-state index contributed by atoms with van der Waals surface area (Å²) in [5.41, 5.74) is 1.95. The molecule has 0 fully saturated rings. The molecule has 3 heteroatoms. The lowest BCUT2D eigenvalue weighted by atomic mass is 10.1. The second-order valence-electron chi connectivity index (χ2n) is 4.33. The first kappa shape index (κ1) is 14.1. The van der Waals surface area contributed by atoms with Gasteiger partial charge in [-0.2, -0.15) is 17.9 Å². The Morgan fingerprint density at radius 2 is 2.12 bits per heavy atom. The lowest BCUT2D eigenvalue weighted by Gasteiger charge is -2.16. The zero-order valence-corrected chi connectivity index (χ0v) is 11.3. The SMILES string of the molecule is CN(CCCCCS)Cc1cccc(C#N)c1. The molecule has 92 valence electrons. The van der Waals surface area contributed by atoms with E-state index in [9.17, 15) is 0 Å². The Hall–Kier alpha value is -0.980. The van der Waals surface area contributed by atoms with Gasteiger partial charge >= 0.3 is 0 Å². The van der Waals surface area contributed by atoms with Crippen molar-refractivity contribution in [1.29, 1.82) is 5.26 Å². The minimum Gasteiger partial charge on any atom is -0.302 e. The largest absolute Gasteiger partial charge is 0.302 e. The van der Waals surface area contributed by atoms with Crippen LogP contribution in [0.2, 0.25) is 0 Å². The van der Waals surface area contributed by atoms with Gasteiger partial charge in [-0.3, -0.25) is 0 Å². The van der Waals surface area contributed by atoms with Crippen molar-refractivity contribution in [3.63, 3.8) is 0 Å². The molecule has 0 heterocycles. The van der Waals surface area contributed by atoms with E-state index in [1.807, 2.05) is 18.2 Å². The minimum atomic E-state index is 0.742. The molecule has 0 radical (unpaired) electrons. The molecule has 0 aromatic heterocycles. The molecule has 0 saturated carbocycles. The number of rotatable bonds is 7. The van der Waals surface area contributed by atoms with Crippen LogP contribution in [0.4, 0.5) is 0 Å². The summed E-state index contributed by atoms with van der Waals surface area (Å²) >= 11 is 4.20. The van der Waals surface area contributed by atoms with Gasteiger partial charge in [-0.05, 0) is 49.9 Å². The third kappa shape index (κ3) is 5.76. The Labute approximate surface area is 110 Å². The fourth-order valence-corrected chi connectivity index (χ4v) is 2.02. The van der Waals surface area contributed by atoms with E-state index in [0.717, 1.165) is 24.4 Å². The topological polar surface area (TPSA) is 27.0 Å². The minimum absolute atomic E-state index is 0.742. The van der Waals surface area contributed by atoms with E-state index >= 15 is 0 Å². The molecule has 0 aliphatic rings. The second-order valence-corrected chi connectivity index (χ2v) is 4.78. The maximum absolute atomic E-state index is 8.83. The van der Waals surface area contributed by atoms with E-state index in [-0.39, 0.29) is 0 Å². The van der Waals surface area contributed by atoms with E-state index in [0.29, 0.717) is 0 Å². The number of hydrogen-bond acceptors (Lipinski definition) is 3. The quantitative estimate of drug-likeness (QED) is 0.593. The molecule has 0 saturated heterocycles. The van der Waals surface area contributed by atoms with Gasteiger partial charge in [0.1, 0.15) is 0 Å². The normalized spacial score (nSPS) is 10.5. The van der Waals surface area contributed by atoms with Crippen molar-refractivity contribution in [1.82, 2.24) is 4.90 Å². The van der Waals surface area contributed by atoms with Gasteiger partial charge in [0.25, 0.3) is 0 Å². The first-order valence-corrected chi connectivity index (χ1v) is 6.68. The van der Waals surface area contributed by atoms with Gasteiger partial charge in [0, 0.05) is 6.54 Å². The lowest BCUT2D eigenvalue weighted by Crippen LogP contribution is -2.19. The first-order chi connectivity index (χ1) is 8.26. The molecule has 0 unspecified atom stereocenters. The molecule has 0 bridgehead atoms. The molecule has 0 aliphatic heterocycles. The van der Waals surface area contributed by atoms with Crippen LogP contribution in [0.25, 0.3) is 0 Å². The standard InChI is InChI=1S/C14H20N2S/c1-16(8-3-2-4-9-17)12-14-7-5-6-13(10-14)11-15/h5-7,10,17H,2-4,8-9,12H2,1H3. The molecular formula is C14H20N2S. The molecule has 1 aromatic carbocycles. The average Bonchev–Trinajstić information content (AvgIpc) is 2.35. The zero-order chi connectivity index (χ0) is 12.5. The number of benzene rings is 1. The highest BCUT2D eigenvalue weighted by Gasteiger charge is 2.01. The van der Waals surface area contributed by atoms with Gasteiger partial charge in [0.05, 0.1) is 11.6 Å². The van der Waals surface area contributed by atoms with Crippen LogP contribution in [0.1, 0.15) is 30.4 Å². The molecule has 0 spiro atoms. The maximum atomic E-state index is 8.83. The molecule has 2 nitrogen and oxygen atoms in total. The summed E-state index contributed by atoms with van der Waals surface area (Å²) in [4.78, 5) is 2.30. The Kier molecular flexibility index (Phi) is 6.76. The maximum Gasteiger partial charge on any atom is 0.0991 e. The predicted octanol–water partition coefficient (Wildman–Crippen LogP) is 3.09. The van der Waals surface area contributed by atoms with Crippen LogP contribution < -0.4 is 0 Å². The Morgan fingerprint density at radius 1 is 1.29 bits per heavy atom. The van der Waals surface area contributed by atoms with Crippen LogP contribution in [0, 0.1) is 11.3 Å². The van der Waals surface area contributed by atoms with Crippen LogP contribution in [-0.2, 0) is 6.54 Å². The van der Waals surface area contributed by atoms with E-state index in [1.54, 1.807) is 0 Å². The van der Waals surface area contributed by atoms with Crippen molar-refractivity contribution in [2.24, 2.45) is 0 Å². The highest BCUT2D eigenvalue weighted by molar-refractivity contribution is 7.80. The van der Waals surface area contributed by atoms with Crippen LogP contribution >= 0.6 is 12.6 Å². The van der Waals surface area contributed by atoms with Gasteiger partial charge in [-0.25, -0.2) is 0 Å². The van der Waals surface area contributed by atoms with E-state index in [4.69, 9.17) is 5.26 Å². The third-order valence-corrected chi connectivity index (χ3v) is 3.02. The van der Waals surface area contributed by atoms with Gasteiger partial charge in [0.2, 0.25) is 0 Å². The molecule has 0 aliphatic carbocycles. The van der Waals surface area contributed by atoms with E-state index < -0.39 is 0 Å². The van der Waals surface area contributed by atoms with Crippen molar-refractivity contribution in [3.8, 4) is 6.07 Å². The number of nitriles is 1. The third-order valence-electron chi connectivity index (χ3n) is 2.71. The van der Waals surface area contributed by atoms with Crippen LogP contribution in [0.5, 0.6) is 0 Å². The highest BCUT2D eigenvalue weighted by Crippen LogP contribution is 2.08. The van der Waals surface area contributed by atoms with Crippen molar-refractivity contribution in [2.75, 3.05) is 19.3 Å². The summed E-state index contributed by atoms with van der Waals surface area (Å²) in [6.45, 7) is 2.01. The fourth-order valence-electron chi connectivity index (χ4n) is 1.80. The van der Waals surface area contributed by atoms with Gasteiger partial charge < -0.3 is 4.90 Å². The van der Waals surface area contributed by atoms with Crippen LogP contribution in [0.3, 0.4) is 0 Å². The monoisotopic (exact) mass is 248 g/mol. The Bertz CT molecular complexity index is 371. The first-order valence-electron chi connectivity index (χ1n) is 6.04. The predicted molar refractivity (Wildman–Crippen MR) is 75.2 cm³/mol. The van der Waals surface area contributed by atoms with E-state index in [2.05, 4.69) is 36.7 Å². The van der Waals surface area contributed by atoms with Crippen molar-refractivity contribution < 1.29 is 0 Å². The van der Waals surface area contributed by atoms with Crippen LogP contribution in [-0.4, -0.2) is 24.2 Å².